The Morgan fingerprint density at radius 3 is 2.55 bits per heavy atom. The van der Waals surface area contributed by atoms with Gasteiger partial charge in [-0.15, -0.1) is 24.0 Å². The van der Waals surface area contributed by atoms with Crippen LogP contribution in [0.25, 0.3) is 0 Å². The van der Waals surface area contributed by atoms with Crippen molar-refractivity contribution in [2.45, 2.75) is 25.9 Å². The number of hydrogen-bond acceptors (Lipinski definition) is 4. The van der Waals surface area contributed by atoms with Gasteiger partial charge in [0.2, 0.25) is 0 Å². The Kier molecular flexibility index (Phi) is 9.24. The topological polar surface area (TPSA) is 66.0 Å². The van der Waals surface area contributed by atoms with Crippen LogP contribution in [0.5, 0.6) is 0 Å². The number of halogens is 1. The van der Waals surface area contributed by atoms with E-state index in [1.807, 2.05) is 18.2 Å². The zero-order valence-electron chi connectivity index (χ0n) is 16.9. The van der Waals surface area contributed by atoms with E-state index < -0.39 is 0 Å². The van der Waals surface area contributed by atoms with E-state index in [1.54, 1.807) is 12.1 Å². The SMILES string of the molecule is CCNC(=NCc1ccc(C(=O)OC)cc1)NC1CCN(c2ccccc2)C1.I. The third-order valence-electron chi connectivity index (χ3n) is 4.79. The van der Waals surface area contributed by atoms with E-state index in [-0.39, 0.29) is 29.9 Å². The second kappa shape index (κ2) is 11.6. The third-order valence-corrected chi connectivity index (χ3v) is 4.79. The van der Waals surface area contributed by atoms with Gasteiger partial charge in [-0.05, 0) is 43.2 Å². The summed E-state index contributed by atoms with van der Waals surface area (Å²) in [4.78, 5) is 18.6. The van der Waals surface area contributed by atoms with Crippen molar-refractivity contribution in [3.05, 3.63) is 65.7 Å². The second-order valence-electron chi connectivity index (χ2n) is 6.80. The molecule has 0 amide bonds. The van der Waals surface area contributed by atoms with Gasteiger partial charge in [0, 0.05) is 31.4 Å². The van der Waals surface area contributed by atoms with Gasteiger partial charge in [0.15, 0.2) is 5.96 Å². The number of guanidine groups is 1. The fourth-order valence-corrected chi connectivity index (χ4v) is 3.30. The molecular weight excluding hydrogens is 479 g/mol. The van der Waals surface area contributed by atoms with Gasteiger partial charge >= 0.3 is 5.97 Å². The van der Waals surface area contributed by atoms with Crippen molar-refractivity contribution in [3.8, 4) is 0 Å². The van der Waals surface area contributed by atoms with Gasteiger partial charge in [0.05, 0.1) is 19.2 Å². The van der Waals surface area contributed by atoms with Crippen LogP contribution in [0.3, 0.4) is 0 Å². The van der Waals surface area contributed by atoms with Crippen LogP contribution in [0, 0.1) is 0 Å². The van der Waals surface area contributed by atoms with Gasteiger partial charge < -0.3 is 20.3 Å². The number of benzene rings is 2. The molecule has 7 heteroatoms. The van der Waals surface area contributed by atoms with Gasteiger partial charge in [-0.25, -0.2) is 9.79 Å². The van der Waals surface area contributed by atoms with Crippen molar-refractivity contribution in [1.29, 1.82) is 0 Å². The fourth-order valence-electron chi connectivity index (χ4n) is 3.30. The molecule has 2 aromatic rings. The number of methoxy groups -OCH3 is 1. The van der Waals surface area contributed by atoms with Crippen LogP contribution in [0.4, 0.5) is 5.69 Å². The Balaban J connectivity index is 0.00000300. The minimum atomic E-state index is -0.325. The van der Waals surface area contributed by atoms with Gasteiger partial charge in [0.1, 0.15) is 0 Å². The van der Waals surface area contributed by atoms with Crippen LogP contribution in [-0.2, 0) is 11.3 Å². The summed E-state index contributed by atoms with van der Waals surface area (Å²) >= 11 is 0. The maximum Gasteiger partial charge on any atom is 0.337 e. The quantitative estimate of drug-likeness (QED) is 0.271. The summed E-state index contributed by atoms with van der Waals surface area (Å²) in [6, 6.07) is 18.2. The zero-order valence-corrected chi connectivity index (χ0v) is 19.3. The number of ether oxygens (including phenoxy) is 1. The van der Waals surface area contributed by atoms with Gasteiger partial charge in [-0.1, -0.05) is 30.3 Å². The molecule has 1 heterocycles. The first-order chi connectivity index (χ1) is 13.7. The van der Waals surface area contributed by atoms with Crippen molar-refractivity contribution in [3.63, 3.8) is 0 Å². The molecule has 1 aliphatic rings. The van der Waals surface area contributed by atoms with E-state index in [2.05, 4.69) is 46.7 Å². The monoisotopic (exact) mass is 508 g/mol. The first kappa shape index (κ1) is 23.0. The molecule has 0 spiro atoms. The molecule has 0 saturated carbocycles. The molecule has 1 unspecified atom stereocenters. The predicted molar refractivity (Wildman–Crippen MR) is 128 cm³/mol. The lowest BCUT2D eigenvalue weighted by molar-refractivity contribution is 0.0600. The van der Waals surface area contributed by atoms with Crippen LogP contribution < -0.4 is 15.5 Å². The van der Waals surface area contributed by atoms with Gasteiger partial charge in [0.25, 0.3) is 0 Å². The molecule has 0 aromatic heterocycles. The summed E-state index contributed by atoms with van der Waals surface area (Å²) in [7, 11) is 1.39. The van der Waals surface area contributed by atoms with Crippen LogP contribution >= 0.6 is 24.0 Å². The minimum Gasteiger partial charge on any atom is -0.465 e. The molecule has 1 saturated heterocycles. The van der Waals surface area contributed by atoms with Crippen molar-refractivity contribution in [2.75, 3.05) is 31.6 Å². The van der Waals surface area contributed by atoms with E-state index in [4.69, 9.17) is 9.73 Å². The Labute approximate surface area is 189 Å². The van der Waals surface area contributed by atoms with E-state index in [0.717, 1.165) is 37.6 Å². The molecule has 2 N–H and O–H groups in total. The van der Waals surface area contributed by atoms with Crippen LogP contribution in [0.1, 0.15) is 29.3 Å². The number of carbonyl (C=O) groups is 1. The summed E-state index contributed by atoms with van der Waals surface area (Å²) in [6.07, 6.45) is 1.08. The highest BCUT2D eigenvalue weighted by molar-refractivity contribution is 14.0. The maximum atomic E-state index is 11.5. The van der Waals surface area contributed by atoms with Crippen molar-refractivity contribution >= 4 is 41.6 Å². The smallest absolute Gasteiger partial charge is 0.337 e. The number of rotatable bonds is 6. The minimum absolute atomic E-state index is 0. The van der Waals surface area contributed by atoms with E-state index >= 15 is 0 Å². The molecule has 3 rings (SSSR count). The third kappa shape index (κ3) is 6.62. The molecule has 0 radical (unpaired) electrons. The Bertz CT molecular complexity index is 796. The molecule has 6 nitrogen and oxygen atoms in total. The molecule has 0 aliphatic carbocycles. The fraction of sp³-hybridized carbons (Fsp3) is 0.364. The molecule has 1 fully saturated rings. The summed E-state index contributed by atoms with van der Waals surface area (Å²) in [5.41, 5.74) is 2.86. The number of hydrogen-bond donors (Lipinski definition) is 2. The molecule has 29 heavy (non-hydrogen) atoms. The zero-order chi connectivity index (χ0) is 19.8. The van der Waals surface area contributed by atoms with E-state index in [0.29, 0.717) is 18.2 Å². The lowest BCUT2D eigenvalue weighted by Gasteiger charge is -2.20. The highest BCUT2D eigenvalue weighted by atomic mass is 127. The highest BCUT2D eigenvalue weighted by Crippen LogP contribution is 2.19. The largest absolute Gasteiger partial charge is 0.465 e. The van der Waals surface area contributed by atoms with E-state index in [1.165, 1.54) is 12.8 Å². The van der Waals surface area contributed by atoms with Crippen molar-refractivity contribution in [1.82, 2.24) is 10.6 Å². The standard InChI is InChI=1S/C22H28N4O2.HI/c1-3-23-22(24-15-17-9-11-18(12-10-17)21(27)28-2)25-19-13-14-26(16-19)20-7-5-4-6-8-20;/h4-12,19H,3,13-16H2,1-2H3,(H2,23,24,25);1H. The summed E-state index contributed by atoms with van der Waals surface area (Å²) < 4.78 is 4.73. The molecule has 156 valence electrons. The molecule has 1 atom stereocenters. The van der Waals surface area contributed by atoms with Crippen molar-refractivity contribution in [2.24, 2.45) is 4.99 Å². The Hall–Kier alpha value is -2.29. The average Bonchev–Trinajstić information content (AvgIpc) is 3.21. The lowest BCUT2D eigenvalue weighted by atomic mass is 10.1. The second-order valence-corrected chi connectivity index (χ2v) is 6.80. The van der Waals surface area contributed by atoms with Crippen LogP contribution in [-0.4, -0.2) is 44.7 Å². The molecule has 1 aliphatic heterocycles. The van der Waals surface area contributed by atoms with Crippen LogP contribution in [0.15, 0.2) is 59.6 Å². The normalized spacial score (nSPS) is 16.1. The molecule has 0 bridgehead atoms. The number of aliphatic imine (C=N–C) groups is 1. The molecular formula is C22H29IN4O2. The molecule has 2 aromatic carbocycles. The van der Waals surface area contributed by atoms with Crippen LogP contribution in [0.2, 0.25) is 0 Å². The van der Waals surface area contributed by atoms with E-state index in [9.17, 15) is 4.79 Å². The Morgan fingerprint density at radius 2 is 1.90 bits per heavy atom. The number of nitrogens with one attached hydrogen (secondary N) is 2. The van der Waals surface area contributed by atoms with Crippen molar-refractivity contribution < 1.29 is 9.53 Å². The maximum absolute atomic E-state index is 11.5. The van der Waals surface area contributed by atoms with Gasteiger partial charge in [-0.2, -0.15) is 0 Å². The number of esters is 1. The summed E-state index contributed by atoms with van der Waals surface area (Å²) in [5.74, 6) is 0.494. The average molecular weight is 508 g/mol. The first-order valence-corrected chi connectivity index (χ1v) is 9.71. The van der Waals surface area contributed by atoms with Gasteiger partial charge in [-0.3, -0.25) is 0 Å². The first-order valence-electron chi connectivity index (χ1n) is 9.71. The Morgan fingerprint density at radius 1 is 1.17 bits per heavy atom. The number of para-hydroxylation sites is 1. The number of anilines is 1. The number of nitrogens with zero attached hydrogens (tertiary/aromatic N) is 2. The number of carbonyl (C=O) groups excluding carboxylic acids is 1. The lowest BCUT2D eigenvalue weighted by Crippen LogP contribution is -2.44. The summed E-state index contributed by atoms with van der Waals surface area (Å²) in [5, 5.41) is 6.87. The summed E-state index contributed by atoms with van der Waals surface area (Å²) in [6.45, 7) is 5.42. The highest BCUT2D eigenvalue weighted by Gasteiger charge is 2.23. The predicted octanol–water partition coefficient (Wildman–Crippen LogP) is 3.43.